The summed E-state index contributed by atoms with van der Waals surface area (Å²) in [6.07, 6.45) is 2.20. The van der Waals surface area contributed by atoms with Crippen molar-refractivity contribution in [3.8, 4) is 11.5 Å². The van der Waals surface area contributed by atoms with Crippen molar-refractivity contribution in [1.82, 2.24) is 9.97 Å². The summed E-state index contributed by atoms with van der Waals surface area (Å²) >= 11 is 1.51. The summed E-state index contributed by atoms with van der Waals surface area (Å²) in [7, 11) is 3.27. The van der Waals surface area contributed by atoms with Crippen molar-refractivity contribution >= 4 is 46.4 Å². The fourth-order valence-electron chi connectivity index (χ4n) is 3.42. The van der Waals surface area contributed by atoms with Gasteiger partial charge in [0.2, 0.25) is 11.9 Å². The van der Waals surface area contributed by atoms with Crippen LogP contribution in [-0.2, 0) is 4.79 Å². The van der Waals surface area contributed by atoms with Gasteiger partial charge in [0, 0.05) is 52.3 Å². The van der Waals surface area contributed by atoms with Crippen molar-refractivity contribution in [2.45, 2.75) is 30.2 Å². The predicted octanol–water partition coefficient (Wildman–Crippen LogP) is 6.79. The van der Waals surface area contributed by atoms with Crippen LogP contribution in [0.3, 0.4) is 0 Å². The van der Waals surface area contributed by atoms with Crippen molar-refractivity contribution in [3.05, 3.63) is 78.5 Å². The van der Waals surface area contributed by atoms with E-state index < -0.39 is 0 Å². The Morgan fingerprint density at radius 2 is 1.57 bits per heavy atom. The Hall–Kier alpha value is -4.24. The normalized spacial score (nSPS) is 10.5. The smallest absolute Gasteiger partial charge is 0.228 e. The van der Waals surface area contributed by atoms with Gasteiger partial charge < -0.3 is 25.4 Å². The van der Waals surface area contributed by atoms with Gasteiger partial charge in [-0.3, -0.25) is 4.79 Å². The molecule has 0 atom stereocenters. The number of hydrogen-bond acceptors (Lipinski definition) is 8. The lowest BCUT2D eigenvalue weighted by Gasteiger charge is -2.16. The van der Waals surface area contributed by atoms with Gasteiger partial charge in [-0.15, -0.1) is 0 Å². The van der Waals surface area contributed by atoms with Crippen LogP contribution < -0.4 is 25.4 Å². The first-order chi connectivity index (χ1) is 18.0. The van der Waals surface area contributed by atoms with Crippen LogP contribution in [0.4, 0.5) is 28.7 Å². The minimum atomic E-state index is -0.0485. The number of carbonyl (C=O) groups is 1. The lowest BCUT2D eigenvalue weighted by Crippen LogP contribution is -2.09. The minimum Gasteiger partial charge on any atom is -0.497 e. The van der Waals surface area contributed by atoms with E-state index in [4.69, 9.17) is 14.5 Å². The molecule has 0 saturated carbocycles. The van der Waals surface area contributed by atoms with Gasteiger partial charge in [-0.2, -0.15) is 0 Å². The van der Waals surface area contributed by atoms with Crippen molar-refractivity contribution in [1.29, 1.82) is 0 Å². The number of amides is 1. The quantitative estimate of drug-likeness (QED) is 0.199. The highest BCUT2D eigenvalue weighted by Gasteiger charge is 2.13. The van der Waals surface area contributed by atoms with Crippen LogP contribution in [0.2, 0.25) is 0 Å². The molecule has 4 rings (SSSR count). The summed E-state index contributed by atoms with van der Waals surface area (Å²) in [6.45, 7) is 3.80. The summed E-state index contributed by atoms with van der Waals surface area (Å²) in [5.41, 5.74) is 4.17. The number of aromatic nitrogens is 2. The van der Waals surface area contributed by atoms with Crippen LogP contribution in [0.15, 0.2) is 82.8 Å². The maximum absolute atomic E-state index is 12.0. The molecule has 1 amide bonds. The van der Waals surface area contributed by atoms with Crippen LogP contribution in [0.5, 0.6) is 11.5 Å². The summed E-state index contributed by atoms with van der Waals surface area (Å²) in [4.78, 5) is 22.1. The second-order valence-corrected chi connectivity index (χ2v) is 9.14. The van der Waals surface area contributed by atoms with E-state index in [1.54, 1.807) is 20.4 Å². The highest BCUT2D eigenvalue weighted by atomic mass is 32.2. The number of aryl methyl sites for hydroxylation is 1. The SMILES string of the molecule is CCC(=O)Nc1ccc(Sc2nc(Nc3cccc(OC)c3)ncc2C)c(Nc2cccc(OC)c2)c1. The van der Waals surface area contributed by atoms with E-state index in [0.717, 1.165) is 44.0 Å². The molecule has 0 radical (unpaired) electrons. The van der Waals surface area contributed by atoms with Gasteiger partial charge in [0.25, 0.3) is 0 Å². The predicted molar refractivity (Wildman–Crippen MR) is 149 cm³/mol. The largest absolute Gasteiger partial charge is 0.497 e. The molecule has 1 heterocycles. The highest BCUT2D eigenvalue weighted by molar-refractivity contribution is 7.99. The minimum absolute atomic E-state index is 0.0485. The Labute approximate surface area is 220 Å². The zero-order valence-electron chi connectivity index (χ0n) is 21.2. The van der Waals surface area contributed by atoms with E-state index in [1.165, 1.54) is 11.8 Å². The van der Waals surface area contributed by atoms with Crippen molar-refractivity contribution in [3.63, 3.8) is 0 Å². The molecule has 9 heteroatoms. The van der Waals surface area contributed by atoms with E-state index in [9.17, 15) is 4.79 Å². The maximum atomic E-state index is 12.0. The first kappa shape index (κ1) is 25.8. The van der Waals surface area contributed by atoms with Gasteiger partial charge in [0.05, 0.1) is 19.9 Å². The average Bonchev–Trinajstić information content (AvgIpc) is 2.92. The molecule has 3 N–H and O–H groups in total. The standard InChI is InChI=1S/C28H29N5O3S/c1-5-26(34)31-21-12-13-25(24(16-21)30-19-8-6-10-22(14-19)35-3)37-27-18(2)17-29-28(33-27)32-20-9-7-11-23(15-20)36-4/h6-17,30H,5H2,1-4H3,(H,31,34)(H,29,32,33). The first-order valence-electron chi connectivity index (χ1n) is 11.7. The molecule has 1 aromatic heterocycles. The third-order valence-corrected chi connectivity index (χ3v) is 6.57. The first-order valence-corrected chi connectivity index (χ1v) is 12.6. The Balaban J connectivity index is 1.64. The number of rotatable bonds is 10. The molecule has 190 valence electrons. The third kappa shape index (κ3) is 6.92. The lowest BCUT2D eigenvalue weighted by atomic mass is 10.2. The molecule has 0 saturated heterocycles. The van der Waals surface area contributed by atoms with Crippen LogP contribution in [0.25, 0.3) is 0 Å². The number of ether oxygens (including phenoxy) is 2. The summed E-state index contributed by atoms with van der Waals surface area (Å²) in [6, 6.07) is 21.1. The van der Waals surface area contributed by atoms with E-state index in [0.29, 0.717) is 18.1 Å². The van der Waals surface area contributed by atoms with Gasteiger partial charge in [-0.1, -0.05) is 30.8 Å². The number of nitrogens with one attached hydrogen (secondary N) is 3. The summed E-state index contributed by atoms with van der Waals surface area (Å²) < 4.78 is 10.7. The zero-order chi connectivity index (χ0) is 26.2. The van der Waals surface area contributed by atoms with E-state index in [-0.39, 0.29) is 5.91 Å². The Morgan fingerprint density at radius 1 is 0.892 bits per heavy atom. The summed E-state index contributed by atoms with van der Waals surface area (Å²) in [5, 5.41) is 10.4. The fraction of sp³-hybridized carbons (Fsp3) is 0.179. The molecule has 8 nitrogen and oxygen atoms in total. The summed E-state index contributed by atoms with van der Waals surface area (Å²) in [5.74, 6) is 1.92. The topological polar surface area (TPSA) is 97.4 Å². The number of hydrogen-bond donors (Lipinski definition) is 3. The number of carbonyl (C=O) groups excluding carboxylic acids is 1. The zero-order valence-corrected chi connectivity index (χ0v) is 22.0. The van der Waals surface area contributed by atoms with E-state index >= 15 is 0 Å². The molecule has 0 aliphatic rings. The van der Waals surface area contributed by atoms with Gasteiger partial charge in [0.15, 0.2) is 0 Å². The lowest BCUT2D eigenvalue weighted by molar-refractivity contribution is -0.115. The molecule has 4 aromatic rings. The van der Waals surface area contributed by atoms with Gasteiger partial charge in [-0.25, -0.2) is 9.97 Å². The second-order valence-electron chi connectivity index (χ2n) is 8.11. The Kier molecular flexibility index (Phi) is 8.48. The van der Waals surface area contributed by atoms with Gasteiger partial charge in [-0.05, 0) is 49.4 Å². The molecule has 3 aromatic carbocycles. The molecule has 0 unspecified atom stereocenters. The van der Waals surface area contributed by atoms with Gasteiger partial charge in [0.1, 0.15) is 16.5 Å². The van der Waals surface area contributed by atoms with Crippen molar-refractivity contribution in [2.24, 2.45) is 0 Å². The molecule has 0 aliphatic heterocycles. The third-order valence-electron chi connectivity index (χ3n) is 5.39. The molecular formula is C28H29N5O3S. The number of methoxy groups -OCH3 is 2. The number of benzene rings is 3. The van der Waals surface area contributed by atoms with Crippen LogP contribution in [-0.4, -0.2) is 30.1 Å². The average molecular weight is 516 g/mol. The van der Waals surface area contributed by atoms with Crippen LogP contribution >= 0.6 is 11.8 Å². The molecular weight excluding hydrogens is 486 g/mol. The highest BCUT2D eigenvalue weighted by Crippen LogP contribution is 2.38. The fourth-order valence-corrected chi connectivity index (χ4v) is 4.33. The molecule has 0 bridgehead atoms. The molecule has 0 fully saturated rings. The van der Waals surface area contributed by atoms with E-state index in [1.807, 2.05) is 80.6 Å². The second kappa shape index (κ2) is 12.1. The number of nitrogens with zero attached hydrogens (tertiary/aromatic N) is 2. The molecule has 0 aliphatic carbocycles. The molecule has 37 heavy (non-hydrogen) atoms. The van der Waals surface area contributed by atoms with Crippen molar-refractivity contribution in [2.75, 3.05) is 30.2 Å². The van der Waals surface area contributed by atoms with Crippen molar-refractivity contribution < 1.29 is 14.3 Å². The Bertz CT molecular complexity index is 1400. The number of anilines is 5. The molecule has 0 spiro atoms. The van der Waals surface area contributed by atoms with Gasteiger partial charge >= 0.3 is 0 Å². The monoisotopic (exact) mass is 515 g/mol. The maximum Gasteiger partial charge on any atom is 0.228 e. The van der Waals surface area contributed by atoms with Crippen LogP contribution in [0, 0.1) is 6.92 Å². The Morgan fingerprint density at radius 3 is 2.22 bits per heavy atom. The van der Waals surface area contributed by atoms with E-state index in [2.05, 4.69) is 20.9 Å². The van der Waals surface area contributed by atoms with Crippen LogP contribution in [0.1, 0.15) is 18.9 Å².